The summed E-state index contributed by atoms with van der Waals surface area (Å²) >= 11 is 0. The van der Waals surface area contributed by atoms with E-state index in [9.17, 15) is 13.2 Å². The van der Waals surface area contributed by atoms with Gasteiger partial charge in [0.15, 0.2) is 0 Å². The number of para-hydroxylation sites is 1. The van der Waals surface area contributed by atoms with E-state index in [2.05, 4.69) is 38.3 Å². The van der Waals surface area contributed by atoms with Crippen LogP contribution in [0.25, 0.3) is 0 Å². The summed E-state index contributed by atoms with van der Waals surface area (Å²) < 4.78 is 22.7. The molecule has 0 aliphatic rings. The molecule has 0 saturated carbocycles. The van der Waals surface area contributed by atoms with Crippen LogP contribution in [0, 0.1) is 0 Å². The van der Waals surface area contributed by atoms with Gasteiger partial charge in [-0.25, -0.2) is 18.4 Å². The highest BCUT2D eigenvalue weighted by molar-refractivity contribution is 7.89. The first kappa shape index (κ1) is 21.9. The Morgan fingerprint density at radius 1 is 0.893 bits per heavy atom. The van der Waals surface area contributed by atoms with Crippen LogP contribution in [0.3, 0.4) is 0 Å². The predicted octanol–water partition coefficient (Wildman–Crippen LogP) is 4.46. The molecular weight excluding hydrogens is 374 g/mol. The highest BCUT2D eigenvalue weighted by Gasteiger charge is 2.17. The van der Waals surface area contributed by atoms with Crippen molar-refractivity contribution in [2.75, 3.05) is 5.32 Å². The first-order valence-corrected chi connectivity index (χ1v) is 10.9. The molecule has 0 spiro atoms. The van der Waals surface area contributed by atoms with Crippen LogP contribution in [0.1, 0.15) is 69.2 Å². The van der Waals surface area contributed by atoms with E-state index in [4.69, 9.17) is 5.14 Å². The minimum atomic E-state index is -3.73. The molecule has 2 rings (SSSR count). The highest BCUT2D eigenvalue weighted by atomic mass is 32.2. The van der Waals surface area contributed by atoms with Gasteiger partial charge in [-0.2, -0.15) is 0 Å². The van der Waals surface area contributed by atoms with Crippen molar-refractivity contribution in [2.24, 2.45) is 5.14 Å². The Kier molecular flexibility index (Phi) is 6.85. The molecular formula is C21H29N3O3S. The topological polar surface area (TPSA) is 101 Å². The van der Waals surface area contributed by atoms with Gasteiger partial charge in [-0.1, -0.05) is 58.0 Å². The summed E-state index contributed by atoms with van der Waals surface area (Å²) in [5, 5.41) is 11.0. The minimum absolute atomic E-state index is 0.0420. The maximum absolute atomic E-state index is 12.6. The van der Waals surface area contributed by atoms with Gasteiger partial charge in [-0.3, -0.25) is 0 Å². The van der Waals surface area contributed by atoms with Crippen LogP contribution < -0.4 is 15.8 Å². The number of primary sulfonamides is 1. The molecule has 152 valence electrons. The van der Waals surface area contributed by atoms with Crippen LogP contribution in [0.4, 0.5) is 10.5 Å². The third-order valence-corrected chi connectivity index (χ3v) is 5.60. The molecule has 0 aromatic heterocycles. The molecule has 0 fully saturated rings. The number of carbonyl (C=O) groups excluding carboxylic acids is 1. The van der Waals surface area contributed by atoms with E-state index in [1.807, 2.05) is 25.1 Å². The molecule has 6 nitrogen and oxygen atoms in total. The van der Waals surface area contributed by atoms with Gasteiger partial charge in [0.2, 0.25) is 10.0 Å². The van der Waals surface area contributed by atoms with Crippen molar-refractivity contribution in [3.8, 4) is 0 Å². The van der Waals surface area contributed by atoms with E-state index in [1.54, 1.807) is 12.1 Å². The van der Waals surface area contributed by atoms with E-state index in [1.165, 1.54) is 12.1 Å². The zero-order valence-electron chi connectivity index (χ0n) is 17.0. The van der Waals surface area contributed by atoms with Gasteiger partial charge >= 0.3 is 6.03 Å². The third kappa shape index (κ3) is 5.33. The number of nitrogens with two attached hydrogens (primary N) is 1. The molecule has 1 unspecified atom stereocenters. The highest BCUT2D eigenvalue weighted by Crippen LogP contribution is 2.32. The fraction of sp³-hybridized carbons (Fsp3) is 0.381. The second kappa shape index (κ2) is 8.75. The summed E-state index contributed by atoms with van der Waals surface area (Å²) in [5.41, 5.74) is 3.81. The quantitative estimate of drug-likeness (QED) is 0.663. The summed E-state index contributed by atoms with van der Waals surface area (Å²) in [4.78, 5) is 12.7. The van der Waals surface area contributed by atoms with Crippen molar-refractivity contribution >= 4 is 21.7 Å². The first-order valence-electron chi connectivity index (χ1n) is 9.33. The fourth-order valence-electron chi connectivity index (χ4n) is 3.07. The third-order valence-electron chi connectivity index (χ3n) is 4.67. The maximum Gasteiger partial charge on any atom is 0.319 e. The number of hydrogen-bond acceptors (Lipinski definition) is 3. The van der Waals surface area contributed by atoms with Gasteiger partial charge in [-0.05, 0) is 47.6 Å². The molecule has 0 saturated heterocycles. The smallest absolute Gasteiger partial charge is 0.319 e. The van der Waals surface area contributed by atoms with E-state index in [0.29, 0.717) is 0 Å². The number of benzene rings is 2. The van der Waals surface area contributed by atoms with Crippen molar-refractivity contribution in [1.82, 2.24) is 5.32 Å². The van der Waals surface area contributed by atoms with Gasteiger partial charge in [0.1, 0.15) is 0 Å². The fourth-order valence-corrected chi connectivity index (χ4v) is 3.59. The van der Waals surface area contributed by atoms with E-state index >= 15 is 0 Å². The van der Waals surface area contributed by atoms with Crippen molar-refractivity contribution in [1.29, 1.82) is 0 Å². The molecule has 2 aromatic rings. The number of nitrogens with one attached hydrogen (secondary N) is 2. The van der Waals surface area contributed by atoms with Crippen molar-refractivity contribution < 1.29 is 13.2 Å². The van der Waals surface area contributed by atoms with Gasteiger partial charge < -0.3 is 10.6 Å². The molecule has 1 atom stereocenters. The van der Waals surface area contributed by atoms with Crippen LogP contribution in [0.5, 0.6) is 0 Å². The molecule has 0 aliphatic heterocycles. The molecule has 0 heterocycles. The second-order valence-corrected chi connectivity index (χ2v) is 9.12. The zero-order valence-corrected chi connectivity index (χ0v) is 17.8. The van der Waals surface area contributed by atoms with E-state index in [0.717, 1.165) is 22.4 Å². The number of sulfonamides is 1. The number of anilines is 1. The van der Waals surface area contributed by atoms with Gasteiger partial charge in [0, 0.05) is 5.69 Å². The summed E-state index contributed by atoms with van der Waals surface area (Å²) in [6, 6.07) is 11.6. The predicted molar refractivity (Wildman–Crippen MR) is 113 cm³/mol. The second-order valence-electron chi connectivity index (χ2n) is 7.56. The Balaban J connectivity index is 2.18. The van der Waals surface area contributed by atoms with Crippen molar-refractivity contribution in [3.63, 3.8) is 0 Å². The van der Waals surface area contributed by atoms with Crippen LogP contribution in [-0.2, 0) is 10.0 Å². The maximum atomic E-state index is 12.6. The lowest BCUT2D eigenvalue weighted by Gasteiger charge is -2.22. The molecule has 4 N–H and O–H groups in total. The molecule has 7 heteroatoms. The van der Waals surface area contributed by atoms with Crippen molar-refractivity contribution in [3.05, 3.63) is 59.2 Å². The van der Waals surface area contributed by atoms with Gasteiger partial charge in [0.05, 0.1) is 10.9 Å². The zero-order chi connectivity index (χ0) is 21.1. The number of hydrogen-bond donors (Lipinski definition) is 3. The monoisotopic (exact) mass is 403 g/mol. The number of rotatable bonds is 6. The van der Waals surface area contributed by atoms with E-state index < -0.39 is 10.0 Å². The van der Waals surface area contributed by atoms with E-state index in [-0.39, 0.29) is 28.8 Å². The Labute approximate surface area is 167 Å². The molecule has 2 aromatic carbocycles. The summed E-state index contributed by atoms with van der Waals surface area (Å²) in [6.07, 6.45) is 0. The molecule has 0 aliphatic carbocycles. The van der Waals surface area contributed by atoms with Crippen LogP contribution >= 0.6 is 0 Å². The van der Waals surface area contributed by atoms with Crippen LogP contribution in [-0.4, -0.2) is 14.4 Å². The Morgan fingerprint density at radius 2 is 1.39 bits per heavy atom. The Morgan fingerprint density at radius 3 is 1.82 bits per heavy atom. The average Bonchev–Trinajstić information content (AvgIpc) is 2.60. The van der Waals surface area contributed by atoms with Crippen LogP contribution in [0.15, 0.2) is 47.4 Å². The first-order chi connectivity index (χ1) is 13.0. The summed E-state index contributed by atoms with van der Waals surface area (Å²) in [7, 11) is -3.73. The number of urea groups is 1. The summed E-state index contributed by atoms with van der Waals surface area (Å²) in [6.45, 7) is 10.2. The lowest BCUT2D eigenvalue weighted by atomic mass is 9.93. The lowest BCUT2D eigenvalue weighted by molar-refractivity contribution is 0.249. The van der Waals surface area contributed by atoms with Crippen molar-refractivity contribution in [2.45, 2.75) is 57.4 Å². The number of carbonyl (C=O) groups is 1. The average molecular weight is 404 g/mol. The minimum Gasteiger partial charge on any atom is -0.331 e. The molecule has 28 heavy (non-hydrogen) atoms. The Hall–Kier alpha value is -2.38. The standard InChI is InChI=1S/C21H29N3O3S/c1-13(2)18-7-6-8-19(14(3)4)20(18)24-21(25)23-15(5)16-9-11-17(12-10-16)28(22,26)27/h6-15H,1-5H3,(H2,22,26,27)(H2,23,24,25). The van der Waals surface area contributed by atoms with Gasteiger partial charge in [-0.15, -0.1) is 0 Å². The molecule has 0 radical (unpaired) electrons. The van der Waals surface area contributed by atoms with Crippen LogP contribution in [0.2, 0.25) is 0 Å². The van der Waals surface area contributed by atoms with Gasteiger partial charge in [0.25, 0.3) is 0 Å². The largest absolute Gasteiger partial charge is 0.331 e. The molecule has 2 amide bonds. The lowest BCUT2D eigenvalue weighted by Crippen LogP contribution is -2.32. The summed E-state index contributed by atoms with van der Waals surface area (Å²) in [5.74, 6) is 0.550. The Bertz CT molecular complexity index is 910. The normalized spacial score (nSPS) is 12.9. The number of amides is 2. The SMILES string of the molecule is CC(C)c1cccc(C(C)C)c1NC(=O)NC(C)c1ccc(S(N)(=O)=O)cc1. The molecule has 0 bridgehead atoms.